The van der Waals surface area contributed by atoms with Crippen LogP contribution in [0.15, 0.2) is 41.0 Å². The minimum Gasteiger partial charge on any atom is -0.307 e. The van der Waals surface area contributed by atoms with E-state index >= 15 is 0 Å². The van der Waals surface area contributed by atoms with Gasteiger partial charge in [0.05, 0.1) is 10.6 Å². The number of aromatic nitrogens is 2. The molecule has 0 unspecified atom stereocenters. The highest BCUT2D eigenvalue weighted by molar-refractivity contribution is 9.10. The van der Waals surface area contributed by atoms with Crippen LogP contribution in [0.2, 0.25) is 0 Å². The van der Waals surface area contributed by atoms with Crippen LogP contribution in [0.3, 0.4) is 0 Å². The van der Waals surface area contributed by atoms with E-state index in [1.165, 1.54) is 6.07 Å². The number of nitro groups is 1. The van der Waals surface area contributed by atoms with Crippen molar-refractivity contribution >= 4 is 21.6 Å². The molecule has 1 N–H and O–H groups in total. The van der Waals surface area contributed by atoms with Crippen LogP contribution in [0.25, 0.3) is 0 Å². The molecule has 0 aliphatic carbocycles. The second kappa shape index (κ2) is 6.35. The molecule has 7 heteroatoms. The fourth-order valence-corrected chi connectivity index (χ4v) is 2.04. The maximum atomic E-state index is 10.9. The SMILES string of the molecule is O=[N+]([O-])c1ccc(Br)cc1CNCc1cccnn1. The van der Waals surface area contributed by atoms with Crippen LogP contribution in [-0.2, 0) is 13.1 Å². The highest BCUT2D eigenvalue weighted by Crippen LogP contribution is 2.22. The predicted molar refractivity (Wildman–Crippen MR) is 73.4 cm³/mol. The van der Waals surface area contributed by atoms with Crippen LogP contribution in [0.5, 0.6) is 0 Å². The molecule has 0 fully saturated rings. The first-order valence-corrected chi connectivity index (χ1v) is 6.36. The van der Waals surface area contributed by atoms with Gasteiger partial charge in [0.15, 0.2) is 0 Å². The first kappa shape index (κ1) is 13.6. The van der Waals surface area contributed by atoms with Crippen LogP contribution in [0.4, 0.5) is 5.69 Å². The molecule has 0 bridgehead atoms. The average Bonchev–Trinajstić information content (AvgIpc) is 2.39. The molecule has 19 heavy (non-hydrogen) atoms. The molecular formula is C12H11BrN4O2. The summed E-state index contributed by atoms with van der Waals surface area (Å²) in [6, 6.07) is 8.52. The molecule has 0 atom stereocenters. The van der Waals surface area contributed by atoms with Gasteiger partial charge in [0, 0.05) is 35.4 Å². The van der Waals surface area contributed by atoms with Crippen molar-refractivity contribution in [1.82, 2.24) is 15.5 Å². The Morgan fingerprint density at radius 2 is 2.16 bits per heavy atom. The Labute approximate surface area is 118 Å². The van der Waals surface area contributed by atoms with Gasteiger partial charge in [-0.25, -0.2) is 0 Å². The molecule has 0 amide bonds. The van der Waals surface area contributed by atoms with E-state index in [0.717, 1.165) is 10.2 Å². The second-order valence-corrected chi connectivity index (χ2v) is 4.76. The largest absolute Gasteiger partial charge is 0.307 e. The lowest BCUT2D eigenvalue weighted by Crippen LogP contribution is -2.15. The third-order valence-electron chi connectivity index (χ3n) is 2.49. The molecule has 6 nitrogen and oxygen atoms in total. The first-order chi connectivity index (χ1) is 9.16. The zero-order valence-corrected chi connectivity index (χ0v) is 11.5. The summed E-state index contributed by atoms with van der Waals surface area (Å²) in [6.07, 6.45) is 1.60. The fourth-order valence-electron chi connectivity index (χ4n) is 1.63. The van der Waals surface area contributed by atoms with Crippen molar-refractivity contribution < 1.29 is 4.92 Å². The highest BCUT2D eigenvalue weighted by Gasteiger charge is 2.13. The normalized spacial score (nSPS) is 10.4. The highest BCUT2D eigenvalue weighted by atomic mass is 79.9. The Balaban J connectivity index is 2.03. The molecule has 0 aliphatic heterocycles. The van der Waals surface area contributed by atoms with Crippen molar-refractivity contribution in [2.24, 2.45) is 0 Å². The van der Waals surface area contributed by atoms with E-state index < -0.39 is 0 Å². The Hall–Kier alpha value is -1.86. The summed E-state index contributed by atoms with van der Waals surface area (Å²) in [5.41, 5.74) is 1.53. The van der Waals surface area contributed by atoms with Gasteiger partial charge in [-0.15, -0.1) is 0 Å². The van der Waals surface area contributed by atoms with Crippen molar-refractivity contribution in [2.45, 2.75) is 13.1 Å². The van der Waals surface area contributed by atoms with Crippen molar-refractivity contribution in [3.05, 3.63) is 62.4 Å². The number of hydrogen-bond donors (Lipinski definition) is 1. The maximum absolute atomic E-state index is 10.9. The summed E-state index contributed by atoms with van der Waals surface area (Å²) in [5, 5.41) is 21.7. The molecule has 98 valence electrons. The zero-order chi connectivity index (χ0) is 13.7. The third kappa shape index (κ3) is 3.80. The summed E-state index contributed by atoms with van der Waals surface area (Å²) in [5.74, 6) is 0. The van der Waals surface area contributed by atoms with Crippen LogP contribution in [0, 0.1) is 10.1 Å². The second-order valence-electron chi connectivity index (χ2n) is 3.85. The summed E-state index contributed by atoms with van der Waals surface area (Å²) in [6.45, 7) is 0.907. The molecule has 0 radical (unpaired) electrons. The molecule has 2 rings (SSSR count). The van der Waals surface area contributed by atoms with Crippen LogP contribution in [0.1, 0.15) is 11.3 Å². The molecular weight excluding hydrogens is 312 g/mol. The molecule has 0 saturated carbocycles. The lowest BCUT2D eigenvalue weighted by Gasteiger charge is -2.05. The number of nitrogens with one attached hydrogen (secondary N) is 1. The van der Waals surface area contributed by atoms with E-state index in [4.69, 9.17) is 0 Å². The van der Waals surface area contributed by atoms with Gasteiger partial charge in [0.1, 0.15) is 0 Å². The standard InChI is InChI=1S/C12H11BrN4O2/c13-10-3-4-12(17(18)19)9(6-10)7-14-8-11-2-1-5-15-16-11/h1-6,14H,7-8H2. The van der Waals surface area contributed by atoms with Gasteiger partial charge >= 0.3 is 0 Å². The van der Waals surface area contributed by atoms with E-state index in [9.17, 15) is 10.1 Å². The van der Waals surface area contributed by atoms with E-state index in [0.29, 0.717) is 18.7 Å². The van der Waals surface area contributed by atoms with Gasteiger partial charge in [-0.2, -0.15) is 10.2 Å². The monoisotopic (exact) mass is 322 g/mol. The quantitative estimate of drug-likeness (QED) is 0.675. The number of hydrogen-bond acceptors (Lipinski definition) is 5. The molecule has 0 saturated heterocycles. The molecule has 1 heterocycles. The topological polar surface area (TPSA) is 81.0 Å². The molecule has 2 aromatic rings. The summed E-state index contributed by atoms with van der Waals surface area (Å²) in [7, 11) is 0. The fraction of sp³-hybridized carbons (Fsp3) is 0.167. The molecule has 0 spiro atoms. The van der Waals surface area contributed by atoms with Crippen molar-refractivity contribution in [3.63, 3.8) is 0 Å². The number of nitrogens with zero attached hydrogens (tertiary/aromatic N) is 3. The van der Waals surface area contributed by atoms with E-state index in [1.807, 2.05) is 6.07 Å². The predicted octanol–water partition coefficient (Wildman–Crippen LogP) is 2.44. The Bertz CT molecular complexity index is 577. The van der Waals surface area contributed by atoms with Crippen molar-refractivity contribution in [3.8, 4) is 0 Å². The van der Waals surface area contributed by atoms with E-state index in [2.05, 4.69) is 31.4 Å². The Kier molecular flexibility index (Phi) is 4.53. The van der Waals surface area contributed by atoms with Gasteiger partial charge in [-0.1, -0.05) is 15.9 Å². The summed E-state index contributed by atoms with van der Waals surface area (Å²) >= 11 is 3.31. The van der Waals surface area contributed by atoms with Gasteiger partial charge in [-0.05, 0) is 24.3 Å². The van der Waals surface area contributed by atoms with Gasteiger partial charge < -0.3 is 5.32 Å². The lowest BCUT2D eigenvalue weighted by molar-refractivity contribution is -0.385. The van der Waals surface area contributed by atoms with E-state index in [1.54, 1.807) is 24.4 Å². The summed E-state index contributed by atoms with van der Waals surface area (Å²) < 4.78 is 0.814. The number of rotatable bonds is 5. The van der Waals surface area contributed by atoms with Crippen molar-refractivity contribution in [1.29, 1.82) is 0 Å². The Morgan fingerprint density at radius 3 is 2.84 bits per heavy atom. The maximum Gasteiger partial charge on any atom is 0.273 e. The van der Waals surface area contributed by atoms with Crippen molar-refractivity contribution in [2.75, 3.05) is 0 Å². The van der Waals surface area contributed by atoms with Gasteiger partial charge in [0.25, 0.3) is 5.69 Å². The number of benzene rings is 1. The van der Waals surface area contributed by atoms with Crippen LogP contribution >= 0.6 is 15.9 Å². The smallest absolute Gasteiger partial charge is 0.273 e. The zero-order valence-electron chi connectivity index (χ0n) is 9.91. The van der Waals surface area contributed by atoms with Gasteiger partial charge in [0.2, 0.25) is 0 Å². The Morgan fingerprint density at radius 1 is 1.32 bits per heavy atom. The van der Waals surface area contributed by atoms with Crippen LogP contribution < -0.4 is 5.32 Å². The minimum atomic E-state index is -0.383. The molecule has 1 aromatic carbocycles. The lowest BCUT2D eigenvalue weighted by atomic mass is 10.2. The van der Waals surface area contributed by atoms with Gasteiger partial charge in [-0.3, -0.25) is 10.1 Å². The van der Waals surface area contributed by atoms with E-state index in [-0.39, 0.29) is 10.6 Å². The first-order valence-electron chi connectivity index (χ1n) is 5.57. The number of nitro benzene ring substituents is 1. The average molecular weight is 323 g/mol. The minimum absolute atomic E-state index is 0.106. The molecule has 1 aromatic heterocycles. The summed E-state index contributed by atoms with van der Waals surface area (Å²) in [4.78, 5) is 10.5. The molecule has 0 aliphatic rings. The van der Waals surface area contributed by atoms with Crippen LogP contribution in [-0.4, -0.2) is 15.1 Å². The number of halogens is 1. The third-order valence-corrected chi connectivity index (χ3v) is 2.98.